The molecule has 6 heteroatoms. The Balaban J connectivity index is 2.28. The highest BCUT2D eigenvalue weighted by Gasteiger charge is 2.14. The van der Waals surface area contributed by atoms with E-state index in [-0.39, 0.29) is 11.6 Å². The normalized spacial score (nSPS) is 10.1. The molecule has 1 amide bonds. The molecule has 2 N–H and O–H groups in total. The van der Waals surface area contributed by atoms with Crippen molar-refractivity contribution in [3.8, 4) is 0 Å². The topological polar surface area (TPSA) is 54.0 Å². The molecule has 98 valence electrons. The van der Waals surface area contributed by atoms with Crippen molar-refractivity contribution in [2.75, 3.05) is 17.7 Å². The van der Waals surface area contributed by atoms with Gasteiger partial charge < -0.3 is 10.6 Å². The van der Waals surface area contributed by atoms with Crippen molar-refractivity contribution in [2.45, 2.75) is 0 Å². The van der Waals surface area contributed by atoms with Crippen LogP contribution in [0.2, 0.25) is 5.02 Å². The number of nitrogens with one attached hydrogen (secondary N) is 2. The smallest absolute Gasteiger partial charge is 0.275 e. The Kier molecular flexibility index (Phi) is 4.60. The zero-order valence-corrected chi connectivity index (χ0v) is 13.0. The Labute approximate surface area is 129 Å². The summed E-state index contributed by atoms with van der Waals surface area (Å²) in [5.74, 6) is 0.267. The molecule has 0 aliphatic heterocycles. The number of carbonyl (C=O) groups is 1. The Morgan fingerprint density at radius 2 is 2.00 bits per heavy atom. The minimum absolute atomic E-state index is 0.202. The highest BCUT2D eigenvalue weighted by Crippen LogP contribution is 2.21. The first-order chi connectivity index (χ1) is 9.11. The summed E-state index contributed by atoms with van der Waals surface area (Å²) in [4.78, 5) is 16.3. The second kappa shape index (κ2) is 6.21. The van der Waals surface area contributed by atoms with E-state index in [4.69, 9.17) is 11.6 Å². The maximum Gasteiger partial charge on any atom is 0.275 e. The maximum atomic E-state index is 12.2. The minimum atomic E-state index is -0.328. The van der Waals surface area contributed by atoms with E-state index >= 15 is 0 Å². The van der Waals surface area contributed by atoms with Crippen LogP contribution in [0.5, 0.6) is 0 Å². The lowest BCUT2D eigenvalue weighted by Gasteiger charge is -2.09. The number of amides is 1. The molecule has 1 aromatic carbocycles. The molecule has 1 aromatic heterocycles. The zero-order chi connectivity index (χ0) is 13.8. The van der Waals surface area contributed by atoms with Gasteiger partial charge in [0.1, 0.15) is 11.5 Å². The molecule has 0 fully saturated rings. The van der Waals surface area contributed by atoms with Gasteiger partial charge in [0.25, 0.3) is 5.91 Å². The quantitative estimate of drug-likeness (QED) is 0.791. The number of hydrogen-bond donors (Lipinski definition) is 2. The Morgan fingerprint density at radius 1 is 1.26 bits per heavy atom. The molecular weight excluding hydrogens is 377 g/mol. The van der Waals surface area contributed by atoms with Gasteiger partial charge in [0.05, 0.1) is 10.7 Å². The molecule has 0 saturated heterocycles. The van der Waals surface area contributed by atoms with Crippen LogP contribution in [0, 0.1) is 3.57 Å². The summed E-state index contributed by atoms with van der Waals surface area (Å²) in [5, 5.41) is 5.99. The summed E-state index contributed by atoms with van der Waals surface area (Å²) in [5.41, 5.74) is 0.939. The van der Waals surface area contributed by atoms with Gasteiger partial charge >= 0.3 is 0 Å². The van der Waals surface area contributed by atoms with E-state index in [0.29, 0.717) is 10.8 Å². The van der Waals surface area contributed by atoms with E-state index in [2.05, 4.69) is 38.2 Å². The van der Waals surface area contributed by atoms with Crippen LogP contribution in [0.1, 0.15) is 10.5 Å². The number of halogens is 2. The lowest BCUT2D eigenvalue weighted by atomic mass is 10.3. The fourth-order valence-electron chi connectivity index (χ4n) is 1.48. The van der Waals surface area contributed by atoms with Gasteiger partial charge in [-0.2, -0.15) is 0 Å². The number of nitrogens with zero attached hydrogens (tertiary/aromatic N) is 1. The van der Waals surface area contributed by atoms with E-state index in [1.807, 2.05) is 24.3 Å². The Bertz CT molecular complexity index is 619. The number of benzene rings is 1. The fraction of sp³-hybridized carbons (Fsp3) is 0.0769. The predicted octanol–water partition coefficient (Wildman–Crippen LogP) is 3.63. The molecule has 0 aliphatic rings. The number of hydrogen-bond acceptors (Lipinski definition) is 3. The first-order valence-electron chi connectivity index (χ1n) is 5.52. The van der Waals surface area contributed by atoms with Crippen LogP contribution < -0.4 is 10.6 Å². The first-order valence-corrected chi connectivity index (χ1v) is 6.97. The molecule has 0 saturated carbocycles. The Hall–Kier alpha value is -1.34. The third-order valence-electron chi connectivity index (χ3n) is 2.44. The molecule has 2 aromatic rings. The molecule has 2 rings (SSSR count). The van der Waals surface area contributed by atoms with Crippen LogP contribution in [-0.4, -0.2) is 17.9 Å². The SMILES string of the molecule is CNc1ccc(Cl)c(C(=O)Nc2ccccc2I)n1. The number of anilines is 2. The van der Waals surface area contributed by atoms with E-state index in [9.17, 15) is 4.79 Å². The maximum absolute atomic E-state index is 12.2. The Morgan fingerprint density at radius 3 is 2.68 bits per heavy atom. The third kappa shape index (κ3) is 3.36. The van der Waals surface area contributed by atoms with Crippen LogP contribution in [-0.2, 0) is 0 Å². The number of carbonyl (C=O) groups excluding carboxylic acids is 1. The van der Waals surface area contributed by atoms with Crippen LogP contribution in [0.4, 0.5) is 11.5 Å². The van der Waals surface area contributed by atoms with E-state index in [1.165, 1.54) is 0 Å². The third-order valence-corrected chi connectivity index (χ3v) is 3.68. The average Bonchev–Trinajstić information content (AvgIpc) is 2.42. The molecular formula is C13H11ClIN3O. The van der Waals surface area contributed by atoms with E-state index in [1.54, 1.807) is 19.2 Å². The van der Waals surface area contributed by atoms with Crippen molar-refractivity contribution < 1.29 is 4.79 Å². The van der Waals surface area contributed by atoms with Gasteiger partial charge in [0.2, 0.25) is 0 Å². The zero-order valence-electron chi connectivity index (χ0n) is 10.1. The summed E-state index contributed by atoms with van der Waals surface area (Å²) >= 11 is 8.16. The molecule has 4 nitrogen and oxygen atoms in total. The van der Waals surface area contributed by atoms with Gasteiger partial charge in [-0.15, -0.1) is 0 Å². The molecule has 1 heterocycles. The van der Waals surface area contributed by atoms with Gasteiger partial charge in [-0.1, -0.05) is 23.7 Å². The van der Waals surface area contributed by atoms with Crippen molar-refractivity contribution in [3.63, 3.8) is 0 Å². The molecule has 0 bridgehead atoms. The van der Waals surface area contributed by atoms with E-state index < -0.39 is 0 Å². The van der Waals surface area contributed by atoms with Crippen LogP contribution in [0.3, 0.4) is 0 Å². The summed E-state index contributed by atoms with van der Waals surface area (Å²) in [6, 6.07) is 10.9. The van der Waals surface area contributed by atoms with Gasteiger partial charge in [0, 0.05) is 10.6 Å². The largest absolute Gasteiger partial charge is 0.373 e. The molecule has 19 heavy (non-hydrogen) atoms. The van der Waals surface area contributed by atoms with Gasteiger partial charge in [-0.3, -0.25) is 4.79 Å². The van der Waals surface area contributed by atoms with Crippen molar-refractivity contribution in [2.24, 2.45) is 0 Å². The number of aromatic nitrogens is 1. The van der Waals surface area contributed by atoms with Crippen LogP contribution in [0.15, 0.2) is 36.4 Å². The van der Waals surface area contributed by atoms with Crippen LogP contribution >= 0.6 is 34.2 Å². The summed E-state index contributed by atoms with van der Waals surface area (Å²) in [6.45, 7) is 0. The fourth-order valence-corrected chi connectivity index (χ4v) is 2.20. The molecule has 0 radical (unpaired) electrons. The van der Waals surface area contributed by atoms with E-state index in [0.717, 1.165) is 9.26 Å². The predicted molar refractivity (Wildman–Crippen MR) is 85.9 cm³/mol. The lowest BCUT2D eigenvalue weighted by Crippen LogP contribution is -2.15. The summed E-state index contributed by atoms with van der Waals surface area (Å²) in [6.07, 6.45) is 0. The van der Waals surface area contributed by atoms with Crippen LogP contribution in [0.25, 0.3) is 0 Å². The second-order valence-electron chi connectivity index (χ2n) is 3.71. The lowest BCUT2D eigenvalue weighted by molar-refractivity contribution is 0.102. The number of rotatable bonds is 3. The van der Waals surface area contributed by atoms with Crippen molar-refractivity contribution >= 4 is 51.6 Å². The first kappa shape index (κ1) is 14.1. The second-order valence-corrected chi connectivity index (χ2v) is 5.28. The van der Waals surface area contributed by atoms with Crippen molar-refractivity contribution in [1.29, 1.82) is 0 Å². The molecule has 0 spiro atoms. The minimum Gasteiger partial charge on any atom is -0.373 e. The summed E-state index contributed by atoms with van der Waals surface area (Å²) in [7, 11) is 1.73. The molecule has 0 atom stereocenters. The highest BCUT2D eigenvalue weighted by atomic mass is 127. The summed E-state index contributed by atoms with van der Waals surface area (Å²) < 4.78 is 0.953. The van der Waals surface area contributed by atoms with Gasteiger partial charge in [-0.05, 0) is 46.9 Å². The monoisotopic (exact) mass is 387 g/mol. The van der Waals surface area contributed by atoms with Gasteiger partial charge in [-0.25, -0.2) is 4.98 Å². The number of para-hydroxylation sites is 1. The van der Waals surface area contributed by atoms with Gasteiger partial charge in [0.15, 0.2) is 0 Å². The molecule has 0 unspecified atom stereocenters. The standard InChI is InChI=1S/C13H11ClIN3O/c1-16-11-7-6-8(14)12(18-11)13(19)17-10-5-3-2-4-9(10)15/h2-7H,1H3,(H,16,18)(H,17,19). The van der Waals surface area contributed by atoms with Crippen molar-refractivity contribution in [3.05, 3.63) is 50.7 Å². The number of pyridine rings is 1. The average molecular weight is 388 g/mol. The van der Waals surface area contributed by atoms with Crippen molar-refractivity contribution in [1.82, 2.24) is 4.98 Å². The molecule has 0 aliphatic carbocycles. The highest BCUT2D eigenvalue weighted by molar-refractivity contribution is 14.1.